The van der Waals surface area contributed by atoms with Crippen molar-refractivity contribution in [1.29, 1.82) is 0 Å². The summed E-state index contributed by atoms with van der Waals surface area (Å²) < 4.78 is 51.3. The first-order valence-corrected chi connectivity index (χ1v) is 6.62. The standard InChI is InChI=1S/C14H17F4NO/c15-11-5-4-9(12(6-11)14(16,17)18)7-19-8-10-2-1-3-13(10)20/h4-6,10,13,19-20H,1-3,7-8H2. The molecule has 1 aromatic rings. The summed E-state index contributed by atoms with van der Waals surface area (Å²) in [6, 6.07) is 2.69. The van der Waals surface area contributed by atoms with Gasteiger partial charge in [-0.2, -0.15) is 13.2 Å². The summed E-state index contributed by atoms with van der Waals surface area (Å²) in [6.07, 6.45) is -2.37. The fourth-order valence-corrected chi connectivity index (χ4v) is 2.61. The quantitative estimate of drug-likeness (QED) is 0.836. The van der Waals surface area contributed by atoms with Crippen LogP contribution in [0, 0.1) is 11.7 Å². The molecule has 1 saturated carbocycles. The number of aliphatic hydroxyl groups is 1. The molecule has 1 fully saturated rings. The lowest BCUT2D eigenvalue weighted by Gasteiger charge is -2.17. The van der Waals surface area contributed by atoms with E-state index in [2.05, 4.69) is 5.32 Å². The number of aliphatic hydroxyl groups excluding tert-OH is 1. The molecular formula is C14H17F4NO. The summed E-state index contributed by atoms with van der Waals surface area (Å²) in [4.78, 5) is 0. The number of rotatable bonds is 4. The summed E-state index contributed by atoms with van der Waals surface area (Å²) in [5.74, 6) is -0.808. The van der Waals surface area contributed by atoms with Crippen LogP contribution in [0.4, 0.5) is 17.6 Å². The van der Waals surface area contributed by atoms with Gasteiger partial charge in [-0.15, -0.1) is 0 Å². The maximum absolute atomic E-state index is 12.9. The van der Waals surface area contributed by atoms with Crippen LogP contribution in [0.3, 0.4) is 0 Å². The van der Waals surface area contributed by atoms with Gasteiger partial charge < -0.3 is 10.4 Å². The number of halogens is 4. The Morgan fingerprint density at radius 2 is 2.00 bits per heavy atom. The smallest absolute Gasteiger partial charge is 0.393 e. The molecule has 0 spiro atoms. The summed E-state index contributed by atoms with van der Waals surface area (Å²) >= 11 is 0. The van der Waals surface area contributed by atoms with Crippen LogP contribution in [0.5, 0.6) is 0 Å². The number of nitrogens with one attached hydrogen (secondary N) is 1. The van der Waals surface area contributed by atoms with Crippen LogP contribution in [0.25, 0.3) is 0 Å². The highest BCUT2D eigenvalue weighted by atomic mass is 19.4. The first kappa shape index (κ1) is 15.3. The second-order valence-corrected chi connectivity index (χ2v) is 5.19. The molecule has 2 atom stereocenters. The van der Waals surface area contributed by atoms with Gasteiger partial charge in [0.15, 0.2) is 0 Å². The Balaban J connectivity index is 1.99. The third-order valence-corrected chi connectivity index (χ3v) is 3.72. The van der Waals surface area contributed by atoms with E-state index in [1.807, 2.05) is 0 Å². The summed E-state index contributed by atoms with van der Waals surface area (Å²) in [7, 11) is 0. The van der Waals surface area contributed by atoms with Crippen molar-refractivity contribution in [3.05, 3.63) is 35.1 Å². The molecule has 1 aliphatic carbocycles. The van der Waals surface area contributed by atoms with Crippen molar-refractivity contribution in [3.8, 4) is 0 Å². The normalized spacial score (nSPS) is 23.2. The number of hydrogen-bond donors (Lipinski definition) is 2. The lowest BCUT2D eigenvalue weighted by atomic mass is 10.0. The van der Waals surface area contributed by atoms with Gasteiger partial charge in [0.25, 0.3) is 0 Å². The monoisotopic (exact) mass is 291 g/mol. The summed E-state index contributed by atoms with van der Waals surface area (Å²) in [5.41, 5.74) is -0.927. The molecule has 2 nitrogen and oxygen atoms in total. The topological polar surface area (TPSA) is 32.3 Å². The minimum Gasteiger partial charge on any atom is -0.393 e. The van der Waals surface area contributed by atoms with Crippen LogP contribution in [0.15, 0.2) is 18.2 Å². The second-order valence-electron chi connectivity index (χ2n) is 5.19. The second kappa shape index (κ2) is 6.10. The molecule has 1 aliphatic rings. The zero-order chi connectivity index (χ0) is 14.8. The molecule has 0 radical (unpaired) electrons. The fraction of sp³-hybridized carbons (Fsp3) is 0.571. The van der Waals surface area contributed by atoms with Crippen LogP contribution >= 0.6 is 0 Å². The molecule has 2 N–H and O–H groups in total. The van der Waals surface area contributed by atoms with Crippen LogP contribution in [-0.2, 0) is 12.7 Å². The third kappa shape index (κ3) is 3.70. The van der Waals surface area contributed by atoms with Gasteiger partial charge in [-0.3, -0.25) is 0 Å². The van der Waals surface area contributed by atoms with Gasteiger partial charge in [-0.05, 0) is 36.5 Å². The van der Waals surface area contributed by atoms with Crippen molar-refractivity contribution >= 4 is 0 Å². The SMILES string of the molecule is OC1CCCC1CNCc1ccc(F)cc1C(F)(F)F. The molecule has 2 rings (SSSR count). The Labute approximate surface area is 114 Å². The average molecular weight is 291 g/mol. The molecule has 112 valence electrons. The van der Waals surface area contributed by atoms with Gasteiger partial charge in [0.1, 0.15) is 5.82 Å². The highest BCUT2D eigenvalue weighted by Crippen LogP contribution is 2.32. The Hall–Kier alpha value is -1.14. The van der Waals surface area contributed by atoms with Gasteiger partial charge >= 0.3 is 6.18 Å². The maximum atomic E-state index is 12.9. The molecule has 0 amide bonds. The Kier molecular flexibility index (Phi) is 4.65. The zero-order valence-corrected chi connectivity index (χ0v) is 10.9. The minimum absolute atomic E-state index is 0.0122. The average Bonchev–Trinajstić information content (AvgIpc) is 2.76. The molecular weight excluding hydrogens is 274 g/mol. The van der Waals surface area contributed by atoms with E-state index in [0.717, 1.165) is 31.4 Å². The largest absolute Gasteiger partial charge is 0.416 e. The van der Waals surface area contributed by atoms with Crippen LogP contribution in [0.1, 0.15) is 30.4 Å². The lowest BCUT2D eigenvalue weighted by Crippen LogP contribution is -2.28. The fourth-order valence-electron chi connectivity index (χ4n) is 2.61. The van der Waals surface area contributed by atoms with Crippen LogP contribution in [-0.4, -0.2) is 17.8 Å². The molecule has 0 heterocycles. The van der Waals surface area contributed by atoms with Gasteiger partial charge in [0, 0.05) is 13.1 Å². The van der Waals surface area contributed by atoms with Crippen molar-refractivity contribution in [2.75, 3.05) is 6.54 Å². The first-order valence-electron chi connectivity index (χ1n) is 6.62. The highest BCUT2D eigenvalue weighted by Gasteiger charge is 2.33. The molecule has 0 bridgehead atoms. The molecule has 0 aromatic heterocycles. The molecule has 1 aromatic carbocycles. The van der Waals surface area contributed by atoms with E-state index < -0.39 is 17.6 Å². The first-order chi connectivity index (χ1) is 9.38. The van der Waals surface area contributed by atoms with Crippen molar-refractivity contribution in [1.82, 2.24) is 5.32 Å². The Morgan fingerprint density at radius 1 is 1.25 bits per heavy atom. The molecule has 6 heteroatoms. The number of benzene rings is 1. The minimum atomic E-state index is -4.56. The van der Waals surface area contributed by atoms with Crippen molar-refractivity contribution in [3.63, 3.8) is 0 Å². The molecule has 20 heavy (non-hydrogen) atoms. The van der Waals surface area contributed by atoms with E-state index in [-0.39, 0.29) is 24.1 Å². The number of alkyl halides is 3. The lowest BCUT2D eigenvalue weighted by molar-refractivity contribution is -0.138. The van der Waals surface area contributed by atoms with Gasteiger partial charge in [0.05, 0.1) is 11.7 Å². The van der Waals surface area contributed by atoms with Crippen molar-refractivity contribution < 1.29 is 22.7 Å². The molecule has 0 aliphatic heterocycles. The highest BCUT2D eigenvalue weighted by molar-refractivity contribution is 5.30. The summed E-state index contributed by atoms with van der Waals surface area (Å²) in [5, 5.41) is 12.6. The van der Waals surface area contributed by atoms with Gasteiger partial charge in [0.2, 0.25) is 0 Å². The number of hydrogen-bond acceptors (Lipinski definition) is 2. The Bertz CT molecular complexity index is 461. The van der Waals surface area contributed by atoms with E-state index >= 15 is 0 Å². The van der Waals surface area contributed by atoms with Gasteiger partial charge in [-0.1, -0.05) is 12.5 Å². The van der Waals surface area contributed by atoms with E-state index in [1.165, 1.54) is 0 Å². The predicted molar refractivity (Wildman–Crippen MR) is 66.5 cm³/mol. The van der Waals surface area contributed by atoms with Crippen molar-refractivity contribution in [2.45, 2.75) is 38.1 Å². The molecule has 2 unspecified atom stereocenters. The van der Waals surface area contributed by atoms with E-state index in [4.69, 9.17) is 0 Å². The van der Waals surface area contributed by atoms with Gasteiger partial charge in [-0.25, -0.2) is 4.39 Å². The van der Waals surface area contributed by atoms with E-state index in [0.29, 0.717) is 12.6 Å². The molecule has 0 saturated heterocycles. The van der Waals surface area contributed by atoms with Crippen LogP contribution < -0.4 is 5.32 Å². The Morgan fingerprint density at radius 3 is 2.60 bits per heavy atom. The van der Waals surface area contributed by atoms with Crippen LogP contribution in [0.2, 0.25) is 0 Å². The summed E-state index contributed by atoms with van der Waals surface area (Å²) in [6.45, 7) is 0.480. The van der Waals surface area contributed by atoms with E-state index in [1.54, 1.807) is 0 Å². The predicted octanol–water partition coefficient (Wildman–Crippen LogP) is 3.10. The van der Waals surface area contributed by atoms with Crippen molar-refractivity contribution in [2.24, 2.45) is 5.92 Å². The maximum Gasteiger partial charge on any atom is 0.416 e. The third-order valence-electron chi connectivity index (χ3n) is 3.72. The van der Waals surface area contributed by atoms with E-state index in [9.17, 15) is 22.7 Å². The zero-order valence-electron chi connectivity index (χ0n) is 10.9.